The van der Waals surface area contributed by atoms with Gasteiger partial charge in [-0.3, -0.25) is 9.69 Å². The third-order valence-electron chi connectivity index (χ3n) is 2.85. The molecule has 0 bridgehead atoms. The molecule has 0 radical (unpaired) electrons. The van der Waals surface area contributed by atoms with Crippen molar-refractivity contribution in [3.63, 3.8) is 0 Å². The van der Waals surface area contributed by atoms with Crippen LogP contribution in [0.3, 0.4) is 0 Å². The maximum Gasteiger partial charge on any atom is 0.236 e. The minimum Gasteiger partial charge on any atom is -0.341 e. The normalized spacial score (nSPS) is 21.4. The summed E-state index contributed by atoms with van der Waals surface area (Å²) in [4.78, 5) is 15.8. The van der Waals surface area contributed by atoms with Crippen molar-refractivity contribution in [3.8, 4) is 0 Å². The molecule has 0 aromatic heterocycles. The monoisotopic (exact) mass is 199 g/mol. The number of rotatable bonds is 4. The second-order valence-electron chi connectivity index (χ2n) is 3.85. The van der Waals surface area contributed by atoms with E-state index in [2.05, 4.69) is 17.1 Å². The van der Waals surface area contributed by atoms with Crippen molar-refractivity contribution in [2.24, 2.45) is 0 Å². The van der Waals surface area contributed by atoms with Gasteiger partial charge in [-0.05, 0) is 20.9 Å². The van der Waals surface area contributed by atoms with E-state index in [-0.39, 0.29) is 5.91 Å². The first-order valence-electron chi connectivity index (χ1n) is 5.35. The van der Waals surface area contributed by atoms with Gasteiger partial charge in [0.05, 0.1) is 6.54 Å². The topological polar surface area (TPSA) is 35.6 Å². The summed E-state index contributed by atoms with van der Waals surface area (Å²) in [6.45, 7) is 8.44. The van der Waals surface area contributed by atoms with E-state index in [1.54, 1.807) is 0 Å². The molecule has 1 unspecified atom stereocenters. The van der Waals surface area contributed by atoms with Crippen molar-refractivity contribution in [2.45, 2.75) is 19.9 Å². The van der Waals surface area contributed by atoms with Crippen molar-refractivity contribution >= 4 is 5.91 Å². The Labute approximate surface area is 86.2 Å². The number of hydrogen-bond acceptors (Lipinski definition) is 3. The fourth-order valence-corrected chi connectivity index (χ4v) is 1.86. The van der Waals surface area contributed by atoms with Crippen molar-refractivity contribution in [3.05, 3.63) is 0 Å². The van der Waals surface area contributed by atoms with E-state index in [0.717, 1.165) is 26.2 Å². The molecule has 1 aliphatic heterocycles. The molecule has 1 fully saturated rings. The second-order valence-corrected chi connectivity index (χ2v) is 3.85. The average molecular weight is 199 g/mol. The van der Waals surface area contributed by atoms with Gasteiger partial charge in [0, 0.05) is 32.2 Å². The zero-order chi connectivity index (χ0) is 10.6. The van der Waals surface area contributed by atoms with Crippen LogP contribution in [0.2, 0.25) is 0 Å². The molecule has 1 atom stereocenters. The first-order chi connectivity index (χ1) is 6.69. The third-order valence-corrected chi connectivity index (χ3v) is 2.85. The van der Waals surface area contributed by atoms with Crippen molar-refractivity contribution in [1.82, 2.24) is 15.1 Å². The number of nitrogens with one attached hydrogen (secondary N) is 1. The third kappa shape index (κ3) is 2.69. The highest BCUT2D eigenvalue weighted by atomic mass is 16.2. The van der Waals surface area contributed by atoms with E-state index in [4.69, 9.17) is 0 Å². The molecular formula is C10H21N3O. The van der Waals surface area contributed by atoms with Crippen LogP contribution in [0.4, 0.5) is 0 Å². The van der Waals surface area contributed by atoms with Gasteiger partial charge in [0.15, 0.2) is 0 Å². The minimum absolute atomic E-state index is 0.265. The van der Waals surface area contributed by atoms with Crippen LogP contribution < -0.4 is 5.32 Å². The molecular weight excluding hydrogens is 178 g/mol. The molecule has 4 nitrogen and oxygen atoms in total. The van der Waals surface area contributed by atoms with Crippen LogP contribution in [-0.2, 0) is 4.79 Å². The molecule has 4 heteroatoms. The highest BCUT2D eigenvalue weighted by Gasteiger charge is 2.25. The molecule has 82 valence electrons. The lowest BCUT2D eigenvalue weighted by Crippen LogP contribution is -2.54. The van der Waals surface area contributed by atoms with E-state index < -0.39 is 0 Å². The molecule has 1 aliphatic rings. The van der Waals surface area contributed by atoms with Crippen molar-refractivity contribution in [1.29, 1.82) is 0 Å². The molecule has 0 saturated carbocycles. The Hall–Kier alpha value is -0.610. The first-order valence-corrected chi connectivity index (χ1v) is 5.35. The van der Waals surface area contributed by atoms with E-state index in [1.165, 1.54) is 0 Å². The predicted molar refractivity (Wildman–Crippen MR) is 57.2 cm³/mol. The quantitative estimate of drug-likeness (QED) is 0.678. The Bertz CT molecular complexity index is 196. The summed E-state index contributed by atoms with van der Waals surface area (Å²) >= 11 is 0. The van der Waals surface area contributed by atoms with E-state index in [0.29, 0.717) is 12.6 Å². The Kier molecular flexibility index (Phi) is 4.35. The summed E-state index contributed by atoms with van der Waals surface area (Å²) in [5, 5.41) is 3.14. The second kappa shape index (κ2) is 5.32. The van der Waals surface area contributed by atoms with Gasteiger partial charge in [-0.15, -0.1) is 0 Å². The zero-order valence-electron chi connectivity index (χ0n) is 9.42. The number of carbonyl (C=O) groups is 1. The van der Waals surface area contributed by atoms with Crippen molar-refractivity contribution < 1.29 is 4.79 Å². The van der Waals surface area contributed by atoms with Gasteiger partial charge in [0.1, 0.15) is 0 Å². The highest BCUT2D eigenvalue weighted by molar-refractivity contribution is 5.79. The van der Waals surface area contributed by atoms with Gasteiger partial charge >= 0.3 is 0 Å². The van der Waals surface area contributed by atoms with Crippen LogP contribution >= 0.6 is 0 Å². The standard InChI is InChI=1S/C10H21N3O/c1-4-12-5-6-13(8-10(12)14)9(2)7-11-3/h9,11H,4-8H2,1-3H3. The van der Waals surface area contributed by atoms with Gasteiger partial charge in [-0.2, -0.15) is 0 Å². The minimum atomic E-state index is 0.265. The summed E-state index contributed by atoms with van der Waals surface area (Å²) < 4.78 is 0. The molecule has 0 spiro atoms. The lowest BCUT2D eigenvalue weighted by molar-refractivity contribution is -0.136. The summed E-state index contributed by atoms with van der Waals surface area (Å²) in [5.41, 5.74) is 0. The maximum absolute atomic E-state index is 11.6. The zero-order valence-corrected chi connectivity index (χ0v) is 9.42. The van der Waals surface area contributed by atoms with E-state index in [9.17, 15) is 4.79 Å². The fraction of sp³-hybridized carbons (Fsp3) is 0.900. The molecule has 1 rings (SSSR count). The van der Waals surface area contributed by atoms with Crippen LogP contribution in [0.1, 0.15) is 13.8 Å². The average Bonchev–Trinajstić information content (AvgIpc) is 2.18. The lowest BCUT2D eigenvalue weighted by atomic mass is 10.2. The van der Waals surface area contributed by atoms with Crippen LogP contribution in [0.15, 0.2) is 0 Å². The molecule has 0 aromatic carbocycles. The number of nitrogens with zero attached hydrogens (tertiary/aromatic N) is 2. The molecule has 1 heterocycles. The Morgan fingerprint density at radius 2 is 2.21 bits per heavy atom. The molecule has 0 aromatic rings. The van der Waals surface area contributed by atoms with Gasteiger partial charge in [-0.25, -0.2) is 0 Å². The molecule has 14 heavy (non-hydrogen) atoms. The highest BCUT2D eigenvalue weighted by Crippen LogP contribution is 2.06. The summed E-state index contributed by atoms with van der Waals surface area (Å²) in [5.74, 6) is 0.265. The summed E-state index contributed by atoms with van der Waals surface area (Å²) in [6.07, 6.45) is 0. The SMILES string of the molecule is CCN1CCN(C(C)CNC)CC1=O. The van der Waals surface area contributed by atoms with Gasteiger partial charge in [-0.1, -0.05) is 0 Å². The van der Waals surface area contributed by atoms with Gasteiger partial charge < -0.3 is 10.2 Å². The van der Waals surface area contributed by atoms with E-state index in [1.807, 2.05) is 18.9 Å². The van der Waals surface area contributed by atoms with Crippen LogP contribution in [-0.4, -0.2) is 61.5 Å². The number of likely N-dealkylation sites (N-methyl/N-ethyl adjacent to an activating group) is 2. The molecule has 0 aliphatic carbocycles. The predicted octanol–water partition coefficient (Wildman–Crippen LogP) is -0.242. The Morgan fingerprint density at radius 1 is 1.50 bits per heavy atom. The molecule has 1 amide bonds. The number of amides is 1. The summed E-state index contributed by atoms with van der Waals surface area (Å²) in [7, 11) is 1.95. The largest absolute Gasteiger partial charge is 0.341 e. The number of carbonyl (C=O) groups excluding carboxylic acids is 1. The van der Waals surface area contributed by atoms with Crippen LogP contribution in [0.5, 0.6) is 0 Å². The van der Waals surface area contributed by atoms with Gasteiger partial charge in [0.25, 0.3) is 0 Å². The fourth-order valence-electron chi connectivity index (χ4n) is 1.86. The van der Waals surface area contributed by atoms with E-state index >= 15 is 0 Å². The first kappa shape index (κ1) is 11.5. The molecule has 1 N–H and O–H groups in total. The lowest BCUT2D eigenvalue weighted by Gasteiger charge is -2.37. The number of hydrogen-bond donors (Lipinski definition) is 1. The van der Waals surface area contributed by atoms with Crippen LogP contribution in [0, 0.1) is 0 Å². The summed E-state index contributed by atoms with van der Waals surface area (Å²) in [6, 6.07) is 0.447. The van der Waals surface area contributed by atoms with Crippen molar-refractivity contribution in [2.75, 3.05) is 39.8 Å². The van der Waals surface area contributed by atoms with Crippen LogP contribution in [0.25, 0.3) is 0 Å². The molecule has 1 saturated heterocycles. The Balaban J connectivity index is 2.41. The number of piperazine rings is 1. The maximum atomic E-state index is 11.6. The van der Waals surface area contributed by atoms with Gasteiger partial charge in [0.2, 0.25) is 5.91 Å². The smallest absolute Gasteiger partial charge is 0.236 e. The Morgan fingerprint density at radius 3 is 2.71 bits per heavy atom.